The van der Waals surface area contributed by atoms with Crippen LogP contribution in [0.5, 0.6) is 23.0 Å². The molecular weight excluding hydrogens is 711 g/mol. The Bertz CT molecular complexity index is 2210. The highest BCUT2D eigenvalue weighted by Gasteiger charge is 2.31. The van der Waals surface area contributed by atoms with Crippen LogP contribution in [0.1, 0.15) is 61.9 Å². The molecular formula is C40H47N5O8S. The molecule has 6 rings (SSSR count). The number of sulfonamides is 1. The molecule has 2 heterocycles. The summed E-state index contributed by atoms with van der Waals surface area (Å²) in [6, 6.07) is 18.9. The van der Waals surface area contributed by atoms with Crippen molar-refractivity contribution < 1.29 is 36.9 Å². The van der Waals surface area contributed by atoms with E-state index in [0.29, 0.717) is 51.4 Å². The Morgan fingerprint density at radius 2 is 1.43 bits per heavy atom. The average molecular weight is 758 g/mol. The molecule has 0 aliphatic heterocycles. The summed E-state index contributed by atoms with van der Waals surface area (Å²) in [5.74, 6) is 2.58. The zero-order valence-corrected chi connectivity index (χ0v) is 32.5. The van der Waals surface area contributed by atoms with Crippen LogP contribution in [-0.4, -0.2) is 62.2 Å². The Morgan fingerprint density at radius 1 is 0.815 bits per heavy atom. The lowest BCUT2D eigenvalue weighted by Gasteiger charge is -2.28. The van der Waals surface area contributed by atoms with Crippen molar-refractivity contribution in [1.82, 2.24) is 13.7 Å². The van der Waals surface area contributed by atoms with Crippen molar-refractivity contribution in [2.45, 2.75) is 69.7 Å². The molecule has 14 heteroatoms. The Balaban J connectivity index is 1.37. The number of imidazole rings is 1. The van der Waals surface area contributed by atoms with Crippen LogP contribution in [-0.2, 0) is 34.4 Å². The van der Waals surface area contributed by atoms with E-state index in [1.807, 2.05) is 16.7 Å². The lowest BCUT2D eigenvalue weighted by molar-refractivity contribution is 0.0577. The van der Waals surface area contributed by atoms with E-state index in [1.165, 1.54) is 54.0 Å². The minimum Gasteiger partial charge on any atom is -0.497 e. The monoisotopic (exact) mass is 757 g/mol. The second kappa shape index (κ2) is 15.5. The highest BCUT2D eigenvalue weighted by molar-refractivity contribution is 7.89. The quantitative estimate of drug-likeness (QED) is 0.116. The maximum Gasteiger partial charge on any atom is 0.415 e. The standard InChI is InChI=1S/C40H47N5O8S/c1-40(2,3)53-39(46)45(25-30-24-43-21-27(26-8-9-26)12-17-38(43)42-30)31-13-16-37(34(41)18-31)54(47,48)44(22-28-10-14-32(49-4)19-35(28)51-6)23-29-11-15-33(50-5)20-36(29)52-7/h10-21,24,26H,8-9,22-23,25,41H2,1-7H3. The van der Waals surface area contributed by atoms with Gasteiger partial charge in [0.2, 0.25) is 10.0 Å². The van der Waals surface area contributed by atoms with E-state index >= 15 is 0 Å². The van der Waals surface area contributed by atoms with Crippen LogP contribution in [0.15, 0.2) is 84.0 Å². The van der Waals surface area contributed by atoms with E-state index in [4.69, 9.17) is 34.4 Å². The number of pyridine rings is 1. The van der Waals surface area contributed by atoms with Gasteiger partial charge in [0.15, 0.2) is 0 Å². The van der Waals surface area contributed by atoms with Crippen LogP contribution in [0, 0.1) is 0 Å². The van der Waals surface area contributed by atoms with E-state index in [9.17, 15) is 13.2 Å². The third kappa shape index (κ3) is 8.50. The van der Waals surface area contributed by atoms with Gasteiger partial charge in [-0.25, -0.2) is 18.2 Å². The zero-order valence-electron chi connectivity index (χ0n) is 31.7. The number of nitrogens with zero attached hydrogens (tertiary/aromatic N) is 4. The fourth-order valence-electron chi connectivity index (χ4n) is 6.18. The molecule has 5 aromatic rings. The number of methoxy groups -OCH3 is 4. The second-order valence-electron chi connectivity index (χ2n) is 14.2. The molecule has 0 radical (unpaired) electrons. The van der Waals surface area contributed by atoms with Gasteiger partial charge >= 0.3 is 6.09 Å². The maximum absolute atomic E-state index is 14.7. The molecule has 2 N–H and O–H groups in total. The molecule has 3 aromatic carbocycles. The third-order valence-electron chi connectivity index (χ3n) is 9.11. The number of carbonyl (C=O) groups excluding carboxylic acids is 1. The number of ether oxygens (including phenoxy) is 5. The number of nitrogens with two attached hydrogens (primary N) is 1. The van der Waals surface area contributed by atoms with Crippen molar-refractivity contribution in [1.29, 1.82) is 0 Å². The van der Waals surface area contributed by atoms with Gasteiger partial charge in [-0.1, -0.05) is 18.2 Å². The van der Waals surface area contributed by atoms with Crippen LogP contribution in [0.25, 0.3) is 5.65 Å². The van der Waals surface area contributed by atoms with Crippen molar-refractivity contribution in [2.75, 3.05) is 39.1 Å². The molecule has 0 unspecified atom stereocenters. The van der Waals surface area contributed by atoms with Gasteiger partial charge in [-0.05, 0) is 81.5 Å². The van der Waals surface area contributed by atoms with Gasteiger partial charge in [0.25, 0.3) is 0 Å². The number of anilines is 2. The minimum absolute atomic E-state index is 0.0569. The molecule has 1 amide bonds. The van der Waals surface area contributed by atoms with Crippen molar-refractivity contribution in [3.63, 3.8) is 0 Å². The SMILES string of the molecule is COc1ccc(CN(Cc2ccc(OC)cc2OC)S(=O)(=O)c2ccc(N(Cc3cn4cc(C5CC5)ccc4n3)C(=O)OC(C)(C)C)cc2N)c(OC)c1. The number of benzene rings is 3. The number of rotatable bonds is 14. The summed E-state index contributed by atoms with van der Waals surface area (Å²) in [5, 5.41) is 0. The molecule has 0 bridgehead atoms. The number of amides is 1. The van der Waals surface area contributed by atoms with E-state index in [1.54, 1.807) is 77.5 Å². The average Bonchev–Trinajstić information content (AvgIpc) is 3.91. The van der Waals surface area contributed by atoms with E-state index in [0.717, 1.165) is 5.65 Å². The zero-order chi connectivity index (χ0) is 38.8. The van der Waals surface area contributed by atoms with Gasteiger partial charge < -0.3 is 33.8 Å². The largest absolute Gasteiger partial charge is 0.497 e. The van der Waals surface area contributed by atoms with E-state index < -0.39 is 21.7 Å². The molecule has 13 nitrogen and oxygen atoms in total. The Hall–Kier alpha value is -5.47. The van der Waals surface area contributed by atoms with Gasteiger partial charge in [0.05, 0.1) is 46.4 Å². The Labute approximate surface area is 316 Å². The molecule has 1 fully saturated rings. The van der Waals surface area contributed by atoms with Crippen molar-refractivity contribution in [3.05, 3.63) is 102 Å². The molecule has 1 saturated carbocycles. The first kappa shape index (κ1) is 38.3. The number of nitrogen functional groups attached to an aromatic ring is 1. The fourth-order valence-corrected chi connectivity index (χ4v) is 7.68. The van der Waals surface area contributed by atoms with Gasteiger partial charge in [-0.2, -0.15) is 4.31 Å². The van der Waals surface area contributed by atoms with E-state index in [-0.39, 0.29) is 30.2 Å². The molecule has 0 spiro atoms. The van der Waals surface area contributed by atoms with Crippen LogP contribution in [0.2, 0.25) is 0 Å². The summed E-state index contributed by atoms with van der Waals surface area (Å²) in [4.78, 5) is 19.7. The smallest absolute Gasteiger partial charge is 0.415 e. The Morgan fingerprint density at radius 3 is 1.94 bits per heavy atom. The van der Waals surface area contributed by atoms with Gasteiger partial charge in [-0.3, -0.25) is 4.90 Å². The van der Waals surface area contributed by atoms with Gasteiger partial charge in [-0.15, -0.1) is 0 Å². The summed E-state index contributed by atoms with van der Waals surface area (Å²) < 4.78 is 60.4. The maximum atomic E-state index is 14.7. The van der Waals surface area contributed by atoms with Crippen molar-refractivity contribution >= 4 is 33.1 Å². The molecule has 286 valence electrons. The summed E-state index contributed by atoms with van der Waals surface area (Å²) in [6.45, 7) is 5.24. The van der Waals surface area contributed by atoms with E-state index in [2.05, 4.69) is 12.3 Å². The number of carbonyl (C=O) groups is 1. The third-order valence-corrected chi connectivity index (χ3v) is 11.0. The first-order valence-electron chi connectivity index (χ1n) is 17.5. The molecule has 1 aliphatic rings. The molecule has 0 saturated heterocycles. The number of aromatic nitrogens is 2. The summed E-state index contributed by atoms with van der Waals surface area (Å²) in [7, 11) is 1.80. The highest BCUT2D eigenvalue weighted by atomic mass is 32.2. The number of fused-ring (bicyclic) bond motifs is 1. The lowest BCUT2D eigenvalue weighted by atomic mass is 10.1. The van der Waals surface area contributed by atoms with Crippen molar-refractivity contribution in [3.8, 4) is 23.0 Å². The molecule has 0 atom stereocenters. The van der Waals surface area contributed by atoms with Crippen LogP contribution in [0.4, 0.5) is 16.2 Å². The summed E-state index contributed by atoms with van der Waals surface area (Å²) >= 11 is 0. The summed E-state index contributed by atoms with van der Waals surface area (Å²) in [5.41, 5.74) is 9.91. The fraction of sp³-hybridized carbons (Fsp3) is 0.350. The van der Waals surface area contributed by atoms with Crippen LogP contribution < -0.4 is 29.6 Å². The molecule has 1 aliphatic carbocycles. The topological polar surface area (TPSA) is 147 Å². The van der Waals surface area contributed by atoms with Gasteiger partial charge in [0.1, 0.15) is 39.1 Å². The molecule has 54 heavy (non-hydrogen) atoms. The first-order chi connectivity index (χ1) is 25.7. The van der Waals surface area contributed by atoms with Crippen LogP contribution in [0.3, 0.4) is 0 Å². The van der Waals surface area contributed by atoms with Crippen LogP contribution >= 0.6 is 0 Å². The number of hydrogen-bond donors (Lipinski definition) is 1. The molecule has 2 aromatic heterocycles. The van der Waals surface area contributed by atoms with Gasteiger partial charge in [0, 0.05) is 54.4 Å². The minimum atomic E-state index is -4.30. The predicted molar refractivity (Wildman–Crippen MR) is 206 cm³/mol. The Kier molecular flexibility index (Phi) is 11.0. The predicted octanol–water partition coefficient (Wildman–Crippen LogP) is 7.16. The normalized spacial score (nSPS) is 13.2. The van der Waals surface area contributed by atoms with Crippen molar-refractivity contribution in [2.24, 2.45) is 0 Å². The lowest BCUT2D eigenvalue weighted by Crippen LogP contribution is -2.36. The summed E-state index contributed by atoms with van der Waals surface area (Å²) in [6.07, 6.45) is 5.69. The number of hydrogen-bond acceptors (Lipinski definition) is 10. The second-order valence-corrected chi connectivity index (χ2v) is 16.1. The highest BCUT2D eigenvalue weighted by Crippen LogP contribution is 2.40. The first-order valence-corrected chi connectivity index (χ1v) is 19.0.